The molecule has 0 bridgehead atoms. The lowest BCUT2D eigenvalue weighted by Crippen LogP contribution is -2.49. The van der Waals surface area contributed by atoms with E-state index in [4.69, 9.17) is 23.2 Å². The Morgan fingerprint density at radius 2 is 1.88 bits per heavy atom. The zero-order chi connectivity index (χ0) is 18.5. The molecular formula is C19H21Cl2N3OS. The van der Waals surface area contributed by atoms with E-state index in [0.717, 1.165) is 35.8 Å². The summed E-state index contributed by atoms with van der Waals surface area (Å²) in [5.41, 5.74) is 1.89. The third kappa shape index (κ3) is 5.07. The molecular weight excluding hydrogens is 389 g/mol. The van der Waals surface area contributed by atoms with Gasteiger partial charge >= 0.3 is 6.03 Å². The Hall–Kier alpha value is -1.40. The fourth-order valence-corrected chi connectivity index (χ4v) is 3.83. The predicted octanol–water partition coefficient (Wildman–Crippen LogP) is 5.07. The number of urea groups is 1. The van der Waals surface area contributed by atoms with Crippen molar-refractivity contribution in [3.05, 3.63) is 58.1 Å². The van der Waals surface area contributed by atoms with Gasteiger partial charge < -0.3 is 10.2 Å². The Morgan fingerprint density at radius 1 is 1.12 bits per heavy atom. The molecule has 3 rings (SSSR count). The smallest absolute Gasteiger partial charge is 0.321 e. The van der Waals surface area contributed by atoms with Crippen molar-refractivity contribution >= 4 is 46.7 Å². The van der Waals surface area contributed by atoms with E-state index in [1.807, 2.05) is 47.6 Å². The fourth-order valence-electron chi connectivity index (χ4n) is 2.90. The molecule has 138 valence electrons. The van der Waals surface area contributed by atoms with Gasteiger partial charge in [0.25, 0.3) is 0 Å². The normalized spacial score (nSPS) is 15.1. The van der Waals surface area contributed by atoms with E-state index in [1.54, 1.807) is 17.8 Å². The molecule has 0 unspecified atom stereocenters. The van der Waals surface area contributed by atoms with Crippen molar-refractivity contribution in [2.45, 2.75) is 11.4 Å². The van der Waals surface area contributed by atoms with Gasteiger partial charge in [0, 0.05) is 53.4 Å². The van der Waals surface area contributed by atoms with Crippen molar-refractivity contribution in [2.24, 2.45) is 0 Å². The third-order valence-electron chi connectivity index (χ3n) is 4.39. The first-order chi connectivity index (χ1) is 12.5. The van der Waals surface area contributed by atoms with Crippen molar-refractivity contribution in [2.75, 3.05) is 37.8 Å². The molecule has 2 aromatic rings. The molecule has 1 aliphatic rings. The van der Waals surface area contributed by atoms with Gasteiger partial charge in [0.05, 0.1) is 0 Å². The second-order valence-corrected chi connectivity index (χ2v) is 7.88. The molecule has 1 aliphatic heterocycles. The summed E-state index contributed by atoms with van der Waals surface area (Å²) in [7, 11) is 0. The number of nitrogens with one attached hydrogen (secondary N) is 1. The van der Waals surface area contributed by atoms with E-state index < -0.39 is 0 Å². The summed E-state index contributed by atoms with van der Waals surface area (Å²) >= 11 is 13.9. The molecule has 4 nitrogen and oxygen atoms in total. The number of benzene rings is 2. The van der Waals surface area contributed by atoms with Crippen molar-refractivity contribution < 1.29 is 4.79 Å². The minimum Gasteiger partial charge on any atom is -0.322 e. The summed E-state index contributed by atoms with van der Waals surface area (Å²) in [6, 6.07) is 13.4. The highest BCUT2D eigenvalue weighted by Gasteiger charge is 2.21. The van der Waals surface area contributed by atoms with Gasteiger partial charge in [-0.1, -0.05) is 35.3 Å². The zero-order valence-electron chi connectivity index (χ0n) is 14.5. The average molecular weight is 410 g/mol. The maximum absolute atomic E-state index is 12.5. The van der Waals surface area contributed by atoms with Crippen LogP contribution in [0.25, 0.3) is 0 Å². The number of nitrogens with zero attached hydrogens (tertiary/aromatic N) is 2. The van der Waals surface area contributed by atoms with Gasteiger partial charge in [0.1, 0.15) is 0 Å². The van der Waals surface area contributed by atoms with Crippen LogP contribution in [0.2, 0.25) is 10.0 Å². The topological polar surface area (TPSA) is 35.6 Å². The molecule has 26 heavy (non-hydrogen) atoms. The first kappa shape index (κ1) is 19.4. The number of rotatable bonds is 4. The molecule has 2 aromatic carbocycles. The van der Waals surface area contributed by atoms with Crippen molar-refractivity contribution in [3.63, 3.8) is 0 Å². The first-order valence-corrected chi connectivity index (χ1v) is 10.4. The number of carbonyl (C=O) groups is 1. The highest BCUT2D eigenvalue weighted by molar-refractivity contribution is 7.98. The van der Waals surface area contributed by atoms with E-state index in [1.165, 1.54) is 0 Å². The standard InChI is InChI=1S/C19H21Cl2N3OS/c1-26-17-4-2-3-16(12-17)22-19(25)24-9-7-23(8-10-24)13-14-5-6-15(20)11-18(14)21/h2-6,11-12H,7-10,13H2,1H3,(H,22,25). The van der Waals surface area contributed by atoms with Crippen LogP contribution in [0.4, 0.5) is 10.5 Å². The fraction of sp³-hybridized carbons (Fsp3) is 0.316. The Morgan fingerprint density at radius 3 is 2.58 bits per heavy atom. The largest absolute Gasteiger partial charge is 0.322 e. The van der Waals surface area contributed by atoms with Crippen LogP contribution in [0.5, 0.6) is 0 Å². The molecule has 0 radical (unpaired) electrons. The zero-order valence-corrected chi connectivity index (χ0v) is 16.9. The summed E-state index contributed by atoms with van der Waals surface area (Å²) in [4.78, 5) is 17.8. The van der Waals surface area contributed by atoms with Crippen molar-refractivity contribution in [1.82, 2.24) is 9.80 Å². The first-order valence-electron chi connectivity index (χ1n) is 8.41. The van der Waals surface area contributed by atoms with Gasteiger partial charge in [-0.05, 0) is 42.2 Å². The SMILES string of the molecule is CSc1cccc(NC(=O)N2CCN(Cc3ccc(Cl)cc3Cl)CC2)c1. The maximum Gasteiger partial charge on any atom is 0.321 e. The summed E-state index contributed by atoms with van der Waals surface area (Å²) in [5, 5.41) is 4.32. The number of thioether (sulfide) groups is 1. The van der Waals surface area contributed by atoms with Crippen LogP contribution in [0.1, 0.15) is 5.56 Å². The predicted molar refractivity (Wildman–Crippen MR) is 111 cm³/mol. The van der Waals surface area contributed by atoms with Gasteiger partial charge in [0.15, 0.2) is 0 Å². The van der Waals surface area contributed by atoms with Crippen LogP contribution in [-0.2, 0) is 6.54 Å². The van der Waals surface area contributed by atoms with Crippen LogP contribution < -0.4 is 5.32 Å². The second-order valence-electron chi connectivity index (χ2n) is 6.16. The van der Waals surface area contributed by atoms with E-state index >= 15 is 0 Å². The number of anilines is 1. The Balaban J connectivity index is 1.52. The molecule has 7 heteroatoms. The van der Waals surface area contributed by atoms with Gasteiger partial charge in [-0.15, -0.1) is 11.8 Å². The van der Waals surface area contributed by atoms with E-state index in [2.05, 4.69) is 10.2 Å². The minimum absolute atomic E-state index is 0.0487. The summed E-state index contributed by atoms with van der Waals surface area (Å²) in [6.07, 6.45) is 2.02. The lowest BCUT2D eigenvalue weighted by molar-refractivity contribution is 0.143. The van der Waals surface area contributed by atoms with Gasteiger partial charge in [-0.2, -0.15) is 0 Å². The van der Waals surface area contributed by atoms with E-state index in [0.29, 0.717) is 23.1 Å². The maximum atomic E-state index is 12.5. The quantitative estimate of drug-likeness (QED) is 0.716. The molecule has 2 amide bonds. The molecule has 1 saturated heterocycles. The number of hydrogen-bond acceptors (Lipinski definition) is 3. The van der Waals surface area contributed by atoms with Crippen molar-refractivity contribution in [3.8, 4) is 0 Å². The number of hydrogen-bond donors (Lipinski definition) is 1. The molecule has 0 aromatic heterocycles. The Kier molecular flexibility index (Phi) is 6.70. The molecule has 0 aliphatic carbocycles. The van der Waals surface area contributed by atoms with Crippen LogP contribution >= 0.6 is 35.0 Å². The van der Waals surface area contributed by atoms with Gasteiger partial charge in [-0.25, -0.2) is 4.79 Å². The number of carbonyl (C=O) groups excluding carboxylic acids is 1. The Bertz CT molecular complexity index is 779. The third-order valence-corrected chi connectivity index (χ3v) is 5.70. The van der Waals surface area contributed by atoms with Gasteiger partial charge in [-0.3, -0.25) is 4.90 Å². The summed E-state index contributed by atoms with van der Waals surface area (Å²) < 4.78 is 0. The summed E-state index contributed by atoms with van der Waals surface area (Å²) in [5.74, 6) is 0. The second kappa shape index (κ2) is 9.00. The van der Waals surface area contributed by atoms with Gasteiger partial charge in [0.2, 0.25) is 0 Å². The molecule has 0 spiro atoms. The minimum atomic E-state index is -0.0487. The molecule has 1 N–H and O–H groups in total. The highest BCUT2D eigenvalue weighted by atomic mass is 35.5. The average Bonchev–Trinajstić information content (AvgIpc) is 2.64. The van der Waals surface area contributed by atoms with E-state index in [-0.39, 0.29) is 6.03 Å². The lowest BCUT2D eigenvalue weighted by atomic mass is 10.2. The molecule has 0 atom stereocenters. The van der Waals surface area contributed by atoms with Crippen LogP contribution in [0, 0.1) is 0 Å². The number of amides is 2. The monoisotopic (exact) mass is 409 g/mol. The molecule has 1 fully saturated rings. The number of piperazine rings is 1. The van der Waals surface area contributed by atoms with Crippen LogP contribution in [-0.4, -0.2) is 48.3 Å². The highest BCUT2D eigenvalue weighted by Crippen LogP contribution is 2.23. The van der Waals surface area contributed by atoms with Crippen LogP contribution in [0.3, 0.4) is 0 Å². The molecule has 1 heterocycles. The van der Waals surface area contributed by atoms with Crippen molar-refractivity contribution in [1.29, 1.82) is 0 Å². The molecule has 0 saturated carbocycles. The van der Waals surface area contributed by atoms with Crippen LogP contribution in [0.15, 0.2) is 47.4 Å². The van der Waals surface area contributed by atoms with E-state index in [9.17, 15) is 4.79 Å². The lowest BCUT2D eigenvalue weighted by Gasteiger charge is -2.34. The Labute approximate surface area is 168 Å². The number of halogens is 2. The summed E-state index contributed by atoms with van der Waals surface area (Å²) in [6.45, 7) is 3.79.